The van der Waals surface area contributed by atoms with E-state index in [9.17, 15) is 22.0 Å². The van der Waals surface area contributed by atoms with E-state index in [2.05, 4.69) is 4.74 Å². The number of benzene rings is 1. The normalized spacial score (nSPS) is 11.8. The van der Waals surface area contributed by atoms with Gasteiger partial charge >= 0.3 is 6.36 Å². The highest BCUT2D eigenvalue weighted by molar-refractivity contribution is 7.99. The third-order valence-electron chi connectivity index (χ3n) is 1.62. The lowest BCUT2D eigenvalue weighted by molar-refractivity contribution is -0.322. The maximum absolute atomic E-state index is 13.2. The molecule has 2 nitrogen and oxygen atoms in total. The van der Waals surface area contributed by atoms with E-state index in [0.29, 0.717) is 11.8 Å². The lowest BCUT2D eigenvalue weighted by atomic mass is 10.3. The van der Waals surface area contributed by atoms with Crippen molar-refractivity contribution in [3.63, 3.8) is 0 Å². The molecule has 0 fully saturated rings. The van der Waals surface area contributed by atoms with Gasteiger partial charge in [-0.3, -0.25) is 4.74 Å². The molecule has 17 heavy (non-hydrogen) atoms. The summed E-state index contributed by atoms with van der Waals surface area (Å²) in [6.45, 7) is -0.683. The lowest BCUT2D eigenvalue weighted by Crippen LogP contribution is -2.15. The van der Waals surface area contributed by atoms with Crippen molar-refractivity contribution in [3.05, 3.63) is 23.8 Å². The number of hydrogen-bond donors (Lipinski definition) is 1. The lowest BCUT2D eigenvalue weighted by Gasteiger charge is -2.08. The summed E-state index contributed by atoms with van der Waals surface area (Å²) < 4.78 is 64.6. The molecule has 1 rings (SSSR count). The van der Waals surface area contributed by atoms with Gasteiger partial charge in [-0.25, -0.2) is 8.78 Å². The number of rotatable bonds is 4. The fourth-order valence-electron chi connectivity index (χ4n) is 1.02. The number of hydrogen-bond acceptors (Lipinski definition) is 3. The summed E-state index contributed by atoms with van der Waals surface area (Å²) in [5, 5.41) is 0. The van der Waals surface area contributed by atoms with Crippen LogP contribution in [0.5, 0.6) is 0 Å². The summed E-state index contributed by atoms with van der Waals surface area (Å²) >= 11 is 0.592. The van der Waals surface area contributed by atoms with Crippen molar-refractivity contribution < 1.29 is 26.7 Å². The van der Waals surface area contributed by atoms with Gasteiger partial charge in [-0.1, -0.05) is 0 Å². The molecule has 0 aliphatic heterocycles. The average molecular weight is 273 g/mol. The summed E-state index contributed by atoms with van der Waals surface area (Å²) in [6.07, 6.45) is -4.74. The molecule has 8 heteroatoms. The van der Waals surface area contributed by atoms with Crippen LogP contribution in [-0.2, 0) is 4.74 Å². The van der Waals surface area contributed by atoms with E-state index >= 15 is 0 Å². The van der Waals surface area contributed by atoms with Crippen molar-refractivity contribution >= 4 is 17.4 Å². The Morgan fingerprint density at radius 3 is 2.18 bits per heavy atom. The molecule has 0 amide bonds. The first kappa shape index (κ1) is 14.0. The minimum absolute atomic E-state index is 0.0871. The number of alkyl halides is 3. The van der Waals surface area contributed by atoms with Gasteiger partial charge in [0, 0.05) is 11.4 Å². The third-order valence-corrected chi connectivity index (χ3v) is 2.67. The van der Waals surface area contributed by atoms with Crippen LogP contribution in [-0.4, -0.2) is 18.7 Å². The zero-order chi connectivity index (χ0) is 13.1. The molecule has 0 aliphatic rings. The zero-order valence-electron chi connectivity index (χ0n) is 8.35. The summed E-state index contributed by atoms with van der Waals surface area (Å²) in [7, 11) is 0. The maximum atomic E-state index is 13.2. The molecule has 0 radical (unpaired) electrons. The van der Waals surface area contributed by atoms with E-state index in [1.165, 1.54) is 0 Å². The van der Waals surface area contributed by atoms with E-state index in [1.807, 2.05) is 0 Å². The third kappa shape index (κ3) is 4.78. The van der Waals surface area contributed by atoms with Gasteiger partial charge in [0.1, 0.15) is 11.6 Å². The largest absolute Gasteiger partial charge is 0.522 e. The second-order valence-corrected chi connectivity index (χ2v) is 4.06. The number of thioether (sulfide) groups is 1. The fraction of sp³-hybridized carbons (Fsp3) is 0.333. The number of nitrogen functional groups attached to an aromatic ring is 1. The van der Waals surface area contributed by atoms with Gasteiger partial charge in [0.05, 0.1) is 11.5 Å². The van der Waals surface area contributed by atoms with Gasteiger partial charge in [0.2, 0.25) is 0 Å². The summed E-state index contributed by atoms with van der Waals surface area (Å²) in [5.74, 6) is -2.03. The fourth-order valence-corrected chi connectivity index (χ4v) is 1.78. The quantitative estimate of drug-likeness (QED) is 0.396. The molecule has 2 N–H and O–H groups in total. The van der Waals surface area contributed by atoms with E-state index in [1.54, 1.807) is 0 Å². The summed E-state index contributed by atoms with van der Waals surface area (Å²) in [5.41, 5.74) is 5.09. The van der Waals surface area contributed by atoms with Crippen LogP contribution in [0.25, 0.3) is 0 Å². The van der Waals surface area contributed by atoms with Crippen molar-refractivity contribution in [2.75, 3.05) is 18.1 Å². The Bertz CT molecular complexity index is 372. The van der Waals surface area contributed by atoms with Crippen molar-refractivity contribution in [3.8, 4) is 0 Å². The van der Waals surface area contributed by atoms with E-state index in [4.69, 9.17) is 5.73 Å². The molecule has 0 atom stereocenters. The molecule has 0 aliphatic carbocycles. The second kappa shape index (κ2) is 5.54. The topological polar surface area (TPSA) is 35.2 Å². The molecule has 0 bridgehead atoms. The molecule has 0 heterocycles. The highest BCUT2D eigenvalue weighted by atomic mass is 32.2. The van der Waals surface area contributed by atoms with Crippen LogP contribution < -0.4 is 5.73 Å². The second-order valence-electron chi connectivity index (χ2n) is 2.96. The molecule has 0 aromatic heterocycles. The number of anilines is 1. The Balaban J connectivity index is 2.53. The van der Waals surface area contributed by atoms with Crippen molar-refractivity contribution in [2.24, 2.45) is 0 Å². The molecule has 1 aromatic carbocycles. The van der Waals surface area contributed by atoms with Crippen LogP contribution in [0.1, 0.15) is 0 Å². The van der Waals surface area contributed by atoms with Crippen LogP contribution in [0.2, 0.25) is 0 Å². The van der Waals surface area contributed by atoms with Gasteiger partial charge in [0.15, 0.2) is 0 Å². The first-order valence-electron chi connectivity index (χ1n) is 4.37. The first-order chi connectivity index (χ1) is 7.79. The van der Waals surface area contributed by atoms with E-state index in [0.717, 1.165) is 12.1 Å². The molecule has 96 valence electrons. The van der Waals surface area contributed by atoms with Crippen molar-refractivity contribution in [2.45, 2.75) is 11.3 Å². The monoisotopic (exact) mass is 273 g/mol. The number of ether oxygens (including phenoxy) is 1. The number of nitrogens with two attached hydrogens (primary N) is 1. The zero-order valence-corrected chi connectivity index (χ0v) is 9.17. The SMILES string of the molecule is Nc1cc(F)c(SCCOC(F)(F)F)c(F)c1. The molecule has 0 saturated carbocycles. The van der Waals surface area contributed by atoms with Crippen LogP contribution in [0.3, 0.4) is 0 Å². The molecule has 0 saturated heterocycles. The van der Waals surface area contributed by atoms with E-state index in [-0.39, 0.29) is 16.3 Å². The minimum Gasteiger partial charge on any atom is -0.399 e. The molecule has 1 aromatic rings. The highest BCUT2D eigenvalue weighted by Gasteiger charge is 2.28. The highest BCUT2D eigenvalue weighted by Crippen LogP contribution is 2.27. The van der Waals surface area contributed by atoms with Crippen LogP contribution in [0.15, 0.2) is 17.0 Å². The van der Waals surface area contributed by atoms with Gasteiger partial charge in [-0.2, -0.15) is 0 Å². The van der Waals surface area contributed by atoms with Crippen LogP contribution in [0.4, 0.5) is 27.6 Å². The summed E-state index contributed by atoms with van der Waals surface area (Å²) in [6, 6.07) is 1.80. The summed E-state index contributed by atoms with van der Waals surface area (Å²) in [4.78, 5) is -0.370. The molecule has 0 unspecified atom stereocenters. The predicted molar refractivity (Wildman–Crippen MR) is 53.5 cm³/mol. The Morgan fingerprint density at radius 1 is 1.18 bits per heavy atom. The standard InChI is InChI=1S/C9H8F5NOS/c10-6-3-5(15)4-7(11)8(6)17-2-1-16-9(12,13)14/h3-4H,1-2,15H2. The van der Waals surface area contributed by atoms with Crippen LogP contribution >= 0.6 is 11.8 Å². The Kier molecular flexibility index (Phi) is 4.58. The van der Waals surface area contributed by atoms with Gasteiger partial charge in [-0.15, -0.1) is 24.9 Å². The average Bonchev–Trinajstić information content (AvgIpc) is 2.13. The maximum Gasteiger partial charge on any atom is 0.522 e. The molecule has 0 spiro atoms. The Morgan fingerprint density at radius 2 is 1.71 bits per heavy atom. The van der Waals surface area contributed by atoms with Crippen LogP contribution in [0, 0.1) is 11.6 Å². The Hall–Kier alpha value is -1.02. The van der Waals surface area contributed by atoms with E-state index < -0.39 is 24.6 Å². The predicted octanol–water partition coefficient (Wildman–Crippen LogP) is 3.18. The Labute approximate surface area is 97.9 Å². The number of halogens is 5. The van der Waals surface area contributed by atoms with Crippen molar-refractivity contribution in [1.29, 1.82) is 0 Å². The first-order valence-corrected chi connectivity index (χ1v) is 5.36. The smallest absolute Gasteiger partial charge is 0.399 e. The van der Waals surface area contributed by atoms with Crippen molar-refractivity contribution in [1.82, 2.24) is 0 Å². The van der Waals surface area contributed by atoms with Gasteiger partial charge < -0.3 is 5.73 Å². The van der Waals surface area contributed by atoms with Gasteiger partial charge in [-0.05, 0) is 12.1 Å². The molecular formula is C9H8F5NOS. The minimum atomic E-state index is -4.74. The van der Waals surface area contributed by atoms with Gasteiger partial charge in [0.25, 0.3) is 0 Å². The molecular weight excluding hydrogens is 265 g/mol.